The van der Waals surface area contributed by atoms with Gasteiger partial charge >= 0.3 is 24.2 Å². The van der Waals surface area contributed by atoms with Gasteiger partial charge in [-0.3, -0.25) is 0 Å². The third kappa shape index (κ3) is 15.1. The number of carbonyl (C=O) groups excluding carboxylic acids is 4. The Morgan fingerprint density at radius 1 is 0.652 bits per heavy atom. The molecule has 0 radical (unpaired) electrons. The van der Waals surface area contributed by atoms with Crippen molar-refractivity contribution in [2.24, 2.45) is 11.8 Å². The van der Waals surface area contributed by atoms with Gasteiger partial charge in [-0.05, 0) is 61.5 Å². The quantitative estimate of drug-likeness (QED) is 0.179. The van der Waals surface area contributed by atoms with Gasteiger partial charge in [-0.1, -0.05) is 62.8 Å². The van der Waals surface area contributed by atoms with Crippen molar-refractivity contribution in [3.63, 3.8) is 0 Å². The van der Waals surface area contributed by atoms with Crippen LogP contribution in [-0.2, 0) is 22.6 Å². The highest BCUT2D eigenvalue weighted by atomic mass is 16.6. The molecule has 0 spiro atoms. The molecule has 4 N–H and O–H groups in total. The maximum Gasteiger partial charge on any atom is 0.407 e. The third-order valence-electron chi connectivity index (χ3n) is 8.83. The molecule has 1 aromatic carbocycles. The van der Waals surface area contributed by atoms with Crippen molar-refractivity contribution >= 4 is 24.2 Å². The van der Waals surface area contributed by atoms with Gasteiger partial charge in [0.15, 0.2) is 0 Å². The van der Waals surface area contributed by atoms with Crippen LogP contribution in [0.2, 0.25) is 0 Å². The predicted molar refractivity (Wildman–Crippen MR) is 177 cm³/mol. The zero-order valence-corrected chi connectivity index (χ0v) is 28.0. The van der Waals surface area contributed by atoms with Gasteiger partial charge < -0.3 is 40.5 Å². The van der Waals surface area contributed by atoms with Crippen molar-refractivity contribution in [2.45, 2.75) is 90.1 Å². The molecule has 2 fully saturated rings. The summed E-state index contributed by atoms with van der Waals surface area (Å²) in [6.07, 6.45) is 12.4. The zero-order chi connectivity index (χ0) is 33.0. The minimum Gasteiger partial charge on any atom is -0.449 e. The lowest BCUT2D eigenvalue weighted by Crippen LogP contribution is -2.40. The first-order valence-electron chi connectivity index (χ1n) is 17.2. The maximum absolute atomic E-state index is 12.3. The number of amides is 6. The number of ether oxygens (including phenoxy) is 2. The van der Waals surface area contributed by atoms with Crippen molar-refractivity contribution in [2.75, 3.05) is 53.5 Å². The Labute approximate surface area is 274 Å². The van der Waals surface area contributed by atoms with Crippen LogP contribution in [0.1, 0.15) is 88.2 Å². The number of rotatable bonds is 16. The van der Waals surface area contributed by atoms with Gasteiger partial charge in [0.05, 0.1) is 13.2 Å². The molecule has 0 heterocycles. The summed E-state index contributed by atoms with van der Waals surface area (Å²) in [7, 11) is 3.50. The van der Waals surface area contributed by atoms with Gasteiger partial charge in [-0.25, -0.2) is 19.2 Å². The van der Waals surface area contributed by atoms with Crippen molar-refractivity contribution in [3.05, 3.63) is 35.4 Å². The third-order valence-corrected chi connectivity index (χ3v) is 8.83. The number of nitrogens with zero attached hydrogens (tertiary/aromatic N) is 2. The Hall–Kier alpha value is -3.70. The van der Waals surface area contributed by atoms with E-state index in [9.17, 15) is 19.2 Å². The highest BCUT2D eigenvalue weighted by Crippen LogP contribution is 2.23. The molecule has 6 amide bonds. The maximum atomic E-state index is 12.3. The zero-order valence-electron chi connectivity index (χ0n) is 28.0. The van der Waals surface area contributed by atoms with Crippen LogP contribution < -0.4 is 21.3 Å². The van der Waals surface area contributed by atoms with E-state index in [-0.39, 0.29) is 38.4 Å². The van der Waals surface area contributed by atoms with Crippen LogP contribution >= 0.6 is 0 Å². The van der Waals surface area contributed by atoms with Gasteiger partial charge in [0, 0.05) is 53.4 Å². The van der Waals surface area contributed by atoms with Crippen LogP contribution in [0.15, 0.2) is 24.3 Å². The summed E-state index contributed by atoms with van der Waals surface area (Å²) in [5.74, 6) is 1.16. The molecule has 12 nitrogen and oxygen atoms in total. The van der Waals surface area contributed by atoms with E-state index in [2.05, 4.69) is 21.3 Å². The highest BCUT2D eigenvalue weighted by molar-refractivity contribution is 5.74. The minimum absolute atomic E-state index is 0.0913. The highest BCUT2D eigenvalue weighted by Gasteiger charge is 2.17. The first-order valence-corrected chi connectivity index (χ1v) is 17.2. The summed E-state index contributed by atoms with van der Waals surface area (Å²) in [4.78, 5) is 52.1. The minimum atomic E-state index is -0.524. The molecule has 2 aliphatic carbocycles. The second-order valence-electron chi connectivity index (χ2n) is 12.7. The van der Waals surface area contributed by atoms with Crippen molar-refractivity contribution in [1.82, 2.24) is 31.1 Å². The Morgan fingerprint density at radius 3 is 1.48 bits per heavy atom. The molecule has 0 atom stereocenters. The molecule has 1 aromatic rings. The first kappa shape index (κ1) is 36.8. The average Bonchev–Trinajstić information content (AvgIpc) is 3.08. The Balaban J connectivity index is 1.20. The molecule has 0 bridgehead atoms. The van der Waals surface area contributed by atoms with E-state index < -0.39 is 12.2 Å². The van der Waals surface area contributed by atoms with Crippen LogP contribution in [0.5, 0.6) is 0 Å². The predicted octanol–water partition coefficient (Wildman–Crippen LogP) is 5.36. The lowest BCUT2D eigenvalue weighted by Gasteiger charge is -2.24. The first-order chi connectivity index (χ1) is 22.3. The fourth-order valence-electron chi connectivity index (χ4n) is 5.95. The summed E-state index contributed by atoms with van der Waals surface area (Å²) in [6, 6.07) is 7.32. The van der Waals surface area contributed by atoms with Gasteiger partial charge in [-0.15, -0.1) is 0 Å². The Kier molecular flexibility index (Phi) is 16.9. The van der Waals surface area contributed by atoms with Crippen LogP contribution in [-0.4, -0.2) is 87.5 Å². The number of nitrogens with one attached hydrogen (secondary N) is 4. The summed E-state index contributed by atoms with van der Waals surface area (Å²) in [5.41, 5.74) is 1.73. The smallest absolute Gasteiger partial charge is 0.407 e. The molecule has 0 unspecified atom stereocenters. The second-order valence-corrected chi connectivity index (χ2v) is 12.7. The number of urea groups is 2. The van der Waals surface area contributed by atoms with Crippen LogP contribution in [0.25, 0.3) is 0 Å². The second kappa shape index (κ2) is 21.2. The fraction of sp³-hybridized carbons (Fsp3) is 0.706. The van der Waals surface area contributed by atoms with Crippen LogP contribution in [0.3, 0.4) is 0 Å². The number of hydrogen-bond acceptors (Lipinski definition) is 6. The summed E-state index contributed by atoms with van der Waals surface area (Å²) < 4.78 is 10.5. The van der Waals surface area contributed by atoms with Crippen molar-refractivity contribution in [1.29, 1.82) is 0 Å². The Bertz CT molecular complexity index is 997. The van der Waals surface area contributed by atoms with Gasteiger partial charge in [0.1, 0.15) is 0 Å². The topological polar surface area (TPSA) is 141 Å². The molecular weight excluding hydrogens is 588 g/mol. The lowest BCUT2D eigenvalue weighted by atomic mass is 9.89. The standard InChI is InChI=1S/C34H56N6O6/c1-39(31(41)35-23-27-12-5-3-6-13-27)18-10-20-45-33(43)37-25-29-16-9-17-30(22-29)26-38-34(44)46-21-11-19-40(2)32(42)36-24-28-14-7-4-8-15-28/h9,16-17,22,27-28H,3-8,10-15,18-21,23-26H2,1-2H3,(H,35,41)(H,36,42)(H,37,43)(H,38,44). The van der Waals surface area contributed by atoms with E-state index in [1.165, 1.54) is 64.2 Å². The molecule has 258 valence electrons. The van der Waals surface area contributed by atoms with E-state index in [1.54, 1.807) is 23.9 Å². The van der Waals surface area contributed by atoms with E-state index in [0.29, 0.717) is 37.8 Å². The Morgan fingerprint density at radius 2 is 1.07 bits per heavy atom. The molecule has 2 aliphatic rings. The molecule has 0 saturated heterocycles. The average molecular weight is 645 g/mol. The van der Waals surface area contributed by atoms with Gasteiger partial charge in [0.2, 0.25) is 0 Å². The van der Waals surface area contributed by atoms with Crippen LogP contribution in [0.4, 0.5) is 19.2 Å². The fourth-order valence-corrected chi connectivity index (χ4v) is 5.95. The number of benzene rings is 1. The molecule has 12 heteroatoms. The summed E-state index contributed by atoms with van der Waals surface area (Å²) in [5, 5.41) is 11.5. The summed E-state index contributed by atoms with van der Waals surface area (Å²) in [6.45, 7) is 3.42. The van der Waals surface area contributed by atoms with E-state index in [4.69, 9.17) is 9.47 Å². The molecule has 3 rings (SSSR count). The molecular formula is C34H56N6O6. The van der Waals surface area contributed by atoms with E-state index >= 15 is 0 Å². The summed E-state index contributed by atoms with van der Waals surface area (Å²) >= 11 is 0. The number of hydrogen-bond donors (Lipinski definition) is 4. The largest absolute Gasteiger partial charge is 0.449 e. The van der Waals surface area contributed by atoms with E-state index in [1.807, 2.05) is 24.3 Å². The molecule has 46 heavy (non-hydrogen) atoms. The normalized spacial score (nSPS) is 15.3. The molecule has 2 saturated carbocycles. The van der Waals surface area contributed by atoms with Gasteiger partial charge in [-0.2, -0.15) is 0 Å². The van der Waals surface area contributed by atoms with Crippen molar-refractivity contribution < 1.29 is 28.7 Å². The SMILES string of the molecule is CN(CCCOC(=O)NCc1cccc(CNC(=O)OCCCN(C)C(=O)NCC2CCCCC2)c1)C(=O)NCC1CCCCC1. The molecule has 0 aliphatic heterocycles. The number of carbonyl (C=O) groups is 4. The monoisotopic (exact) mass is 644 g/mol. The number of alkyl carbamates (subject to hydrolysis) is 2. The van der Waals surface area contributed by atoms with Gasteiger partial charge in [0.25, 0.3) is 0 Å². The molecule has 0 aromatic heterocycles. The van der Waals surface area contributed by atoms with Crippen molar-refractivity contribution in [3.8, 4) is 0 Å². The lowest BCUT2D eigenvalue weighted by molar-refractivity contribution is 0.139. The van der Waals surface area contributed by atoms with E-state index in [0.717, 1.165) is 24.2 Å². The van der Waals surface area contributed by atoms with Crippen LogP contribution in [0, 0.1) is 11.8 Å².